The summed E-state index contributed by atoms with van der Waals surface area (Å²) < 4.78 is 0. The topological polar surface area (TPSA) is 37.3 Å². The Morgan fingerprint density at radius 2 is 2.29 bits per heavy atom. The van der Waals surface area contributed by atoms with E-state index in [0.717, 1.165) is 11.7 Å². The highest BCUT2D eigenvalue weighted by atomic mass is 32.2. The third-order valence-corrected chi connectivity index (χ3v) is 4.48. The van der Waals surface area contributed by atoms with Gasteiger partial charge in [0.25, 0.3) is 0 Å². The number of aliphatic carboxylic acids is 1. The van der Waals surface area contributed by atoms with Gasteiger partial charge in [0, 0.05) is 11.0 Å². The van der Waals surface area contributed by atoms with Crippen LogP contribution in [0, 0.1) is 11.8 Å². The summed E-state index contributed by atoms with van der Waals surface area (Å²) in [5.74, 6) is 0.743. The van der Waals surface area contributed by atoms with E-state index in [0.29, 0.717) is 5.25 Å². The first kappa shape index (κ1) is 11.9. The summed E-state index contributed by atoms with van der Waals surface area (Å²) in [6.45, 7) is 4.09. The zero-order chi connectivity index (χ0) is 10.6. The Morgan fingerprint density at radius 3 is 2.86 bits per heavy atom. The fourth-order valence-electron chi connectivity index (χ4n) is 1.88. The van der Waals surface area contributed by atoms with E-state index in [4.69, 9.17) is 5.11 Å². The first-order chi connectivity index (χ1) is 6.59. The van der Waals surface area contributed by atoms with Crippen molar-refractivity contribution in [3.63, 3.8) is 0 Å². The molecule has 3 atom stereocenters. The van der Waals surface area contributed by atoms with Gasteiger partial charge in [-0.05, 0) is 18.8 Å². The molecule has 0 radical (unpaired) electrons. The van der Waals surface area contributed by atoms with Crippen LogP contribution in [0.4, 0.5) is 0 Å². The predicted octanol–water partition coefficient (Wildman–Crippen LogP) is 3.02. The Bertz CT molecular complexity index is 194. The molecule has 0 heterocycles. The summed E-state index contributed by atoms with van der Waals surface area (Å²) in [5, 5.41) is 9.46. The summed E-state index contributed by atoms with van der Waals surface area (Å²) in [6, 6.07) is 0. The van der Waals surface area contributed by atoms with Crippen molar-refractivity contribution in [2.75, 3.05) is 5.75 Å². The van der Waals surface area contributed by atoms with Crippen LogP contribution < -0.4 is 0 Å². The number of rotatable bonds is 4. The Balaban J connectivity index is 2.20. The van der Waals surface area contributed by atoms with Crippen molar-refractivity contribution in [1.82, 2.24) is 0 Å². The number of thioether (sulfide) groups is 1. The Labute approximate surface area is 90.5 Å². The lowest BCUT2D eigenvalue weighted by Crippen LogP contribution is -2.19. The molecule has 1 rings (SSSR count). The first-order valence-corrected chi connectivity index (χ1v) is 6.49. The van der Waals surface area contributed by atoms with Crippen LogP contribution in [0.1, 0.15) is 39.5 Å². The molecule has 0 saturated heterocycles. The smallest absolute Gasteiger partial charge is 0.307 e. The highest BCUT2D eigenvalue weighted by Crippen LogP contribution is 2.32. The molecule has 0 spiro atoms. The standard InChI is InChI=1S/C11H20O2S/c1-8-4-3-5-10(6-8)14-7-9(2)11(12)13/h8-10H,3-7H2,1-2H3,(H,12,13). The van der Waals surface area contributed by atoms with Gasteiger partial charge in [0.05, 0.1) is 5.92 Å². The van der Waals surface area contributed by atoms with E-state index in [1.165, 1.54) is 25.7 Å². The SMILES string of the molecule is CC1CCCC(SCC(C)C(=O)O)C1. The second kappa shape index (κ2) is 5.64. The minimum atomic E-state index is -0.665. The molecule has 0 aliphatic heterocycles. The molecule has 0 aromatic carbocycles. The lowest BCUT2D eigenvalue weighted by molar-refractivity contribution is -0.140. The molecule has 1 fully saturated rings. The molecular weight excluding hydrogens is 196 g/mol. The average Bonchev–Trinajstić information content (AvgIpc) is 2.14. The lowest BCUT2D eigenvalue weighted by Gasteiger charge is -2.26. The lowest BCUT2D eigenvalue weighted by atomic mass is 9.91. The minimum Gasteiger partial charge on any atom is -0.481 e. The summed E-state index contributed by atoms with van der Waals surface area (Å²) in [4.78, 5) is 10.6. The van der Waals surface area contributed by atoms with Crippen molar-refractivity contribution in [2.45, 2.75) is 44.8 Å². The Morgan fingerprint density at radius 1 is 1.57 bits per heavy atom. The highest BCUT2D eigenvalue weighted by molar-refractivity contribution is 7.99. The maximum absolute atomic E-state index is 10.6. The van der Waals surface area contributed by atoms with Crippen LogP contribution in [0.2, 0.25) is 0 Å². The van der Waals surface area contributed by atoms with Gasteiger partial charge < -0.3 is 5.11 Å². The van der Waals surface area contributed by atoms with Gasteiger partial charge in [-0.3, -0.25) is 4.79 Å². The van der Waals surface area contributed by atoms with Crippen molar-refractivity contribution < 1.29 is 9.90 Å². The van der Waals surface area contributed by atoms with E-state index in [9.17, 15) is 4.79 Å². The maximum atomic E-state index is 10.6. The maximum Gasteiger partial charge on any atom is 0.307 e. The summed E-state index contributed by atoms with van der Waals surface area (Å²) in [6.07, 6.45) is 5.23. The molecule has 1 saturated carbocycles. The first-order valence-electron chi connectivity index (χ1n) is 5.44. The quantitative estimate of drug-likeness (QED) is 0.785. The normalized spacial score (nSPS) is 29.9. The minimum absolute atomic E-state index is 0.197. The zero-order valence-corrected chi connectivity index (χ0v) is 9.85. The van der Waals surface area contributed by atoms with E-state index in [1.807, 2.05) is 11.8 Å². The zero-order valence-electron chi connectivity index (χ0n) is 9.03. The van der Waals surface area contributed by atoms with Crippen LogP contribution in [-0.4, -0.2) is 22.1 Å². The second-order valence-electron chi connectivity index (χ2n) is 4.47. The molecule has 0 amide bonds. The van der Waals surface area contributed by atoms with Gasteiger partial charge in [-0.1, -0.05) is 26.7 Å². The van der Waals surface area contributed by atoms with Gasteiger partial charge in [-0.25, -0.2) is 0 Å². The van der Waals surface area contributed by atoms with Crippen LogP contribution in [0.3, 0.4) is 0 Å². The molecule has 1 N–H and O–H groups in total. The van der Waals surface area contributed by atoms with Crippen molar-refractivity contribution in [3.05, 3.63) is 0 Å². The van der Waals surface area contributed by atoms with Crippen molar-refractivity contribution in [2.24, 2.45) is 11.8 Å². The molecule has 3 heteroatoms. The third kappa shape index (κ3) is 3.91. The van der Waals surface area contributed by atoms with E-state index in [-0.39, 0.29) is 5.92 Å². The van der Waals surface area contributed by atoms with E-state index < -0.39 is 5.97 Å². The van der Waals surface area contributed by atoms with Crippen LogP contribution in [0.25, 0.3) is 0 Å². The fourth-order valence-corrected chi connectivity index (χ4v) is 3.38. The van der Waals surface area contributed by atoms with Crippen LogP contribution in [0.5, 0.6) is 0 Å². The van der Waals surface area contributed by atoms with Crippen LogP contribution in [-0.2, 0) is 4.79 Å². The summed E-state index contributed by atoms with van der Waals surface area (Å²) in [5.41, 5.74) is 0. The summed E-state index contributed by atoms with van der Waals surface area (Å²) >= 11 is 1.86. The molecule has 2 nitrogen and oxygen atoms in total. The van der Waals surface area contributed by atoms with Crippen LogP contribution in [0.15, 0.2) is 0 Å². The number of carboxylic acid groups (broad SMARTS) is 1. The molecule has 1 aliphatic carbocycles. The fraction of sp³-hybridized carbons (Fsp3) is 0.909. The number of carbonyl (C=O) groups is 1. The molecule has 3 unspecified atom stereocenters. The Kier molecular flexibility index (Phi) is 4.79. The molecule has 0 bridgehead atoms. The van der Waals surface area contributed by atoms with Crippen molar-refractivity contribution >= 4 is 17.7 Å². The van der Waals surface area contributed by atoms with Gasteiger partial charge in [0.1, 0.15) is 0 Å². The monoisotopic (exact) mass is 216 g/mol. The number of hydrogen-bond acceptors (Lipinski definition) is 2. The molecule has 14 heavy (non-hydrogen) atoms. The predicted molar refractivity (Wildman–Crippen MR) is 60.7 cm³/mol. The van der Waals surface area contributed by atoms with Gasteiger partial charge in [0.15, 0.2) is 0 Å². The van der Waals surface area contributed by atoms with Crippen molar-refractivity contribution in [3.8, 4) is 0 Å². The van der Waals surface area contributed by atoms with E-state index >= 15 is 0 Å². The number of hydrogen-bond donors (Lipinski definition) is 1. The van der Waals surface area contributed by atoms with E-state index in [2.05, 4.69) is 6.92 Å². The molecule has 0 aromatic heterocycles. The van der Waals surface area contributed by atoms with Gasteiger partial charge in [-0.2, -0.15) is 11.8 Å². The van der Waals surface area contributed by atoms with Gasteiger partial charge in [-0.15, -0.1) is 0 Å². The second-order valence-corrected chi connectivity index (χ2v) is 5.80. The molecular formula is C11H20O2S. The molecule has 0 aromatic rings. The van der Waals surface area contributed by atoms with Crippen LogP contribution >= 0.6 is 11.8 Å². The van der Waals surface area contributed by atoms with Crippen molar-refractivity contribution in [1.29, 1.82) is 0 Å². The van der Waals surface area contributed by atoms with Gasteiger partial charge >= 0.3 is 5.97 Å². The Hall–Kier alpha value is -0.180. The number of carboxylic acids is 1. The van der Waals surface area contributed by atoms with E-state index in [1.54, 1.807) is 6.92 Å². The third-order valence-electron chi connectivity index (χ3n) is 2.89. The largest absolute Gasteiger partial charge is 0.481 e. The molecule has 82 valence electrons. The van der Waals surface area contributed by atoms with Gasteiger partial charge in [0.2, 0.25) is 0 Å². The molecule has 1 aliphatic rings. The summed E-state index contributed by atoms with van der Waals surface area (Å²) in [7, 11) is 0. The highest BCUT2D eigenvalue weighted by Gasteiger charge is 2.21. The average molecular weight is 216 g/mol.